The van der Waals surface area contributed by atoms with Gasteiger partial charge in [0.15, 0.2) is 23.2 Å². The standard InChI is InChI=1S/C23H18F7N3O7/c1-9(31-21(38)22(39)32-13-5-3-2-4-10(13)23(28,29)30)20(37)33-14(7-16(35)36)15(34)8-40-19-17(26)11(24)6-12(25)18(19)27/h2-6,9,14H,7-8H2,1H3,(H,31,38)(H,32,39)(H,33,37)(H,35,36)/t9-,14-/m0/s1. The van der Waals surface area contributed by atoms with Gasteiger partial charge in [0, 0.05) is 6.07 Å². The minimum atomic E-state index is -4.87. The van der Waals surface area contributed by atoms with Gasteiger partial charge >= 0.3 is 24.0 Å². The largest absolute Gasteiger partial charge is 0.481 e. The van der Waals surface area contributed by atoms with Crippen molar-refractivity contribution in [3.8, 4) is 5.75 Å². The Morgan fingerprint density at radius 3 is 2.05 bits per heavy atom. The van der Waals surface area contributed by atoms with E-state index in [0.717, 1.165) is 25.1 Å². The second-order valence-electron chi connectivity index (χ2n) is 7.90. The van der Waals surface area contributed by atoms with E-state index < -0.39 is 101 Å². The first-order chi connectivity index (χ1) is 18.5. The molecule has 3 amide bonds. The van der Waals surface area contributed by atoms with Crippen LogP contribution in [0.1, 0.15) is 18.9 Å². The van der Waals surface area contributed by atoms with Crippen LogP contribution in [-0.4, -0.2) is 53.3 Å². The third-order valence-corrected chi connectivity index (χ3v) is 4.94. The van der Waals surface area contributed by atoms with Crippen LogP contribution in [0.25, 0.3) is 0 Å². The van der Waals surface area contributed by atoms with Gasteiger partial charge in [-0.05, 0) is 19.1 Å². The minimum Gasteiger partial charge on any atom is -0.481 e. The molecule has 0 saturated heterocycles. The highest BCUT2D eigenvalue weighted by molar-refractivity contribution is 6.40. The van der Waals surface area contributed by atoms with Gasteiger partial charge in [-0.25, -0.2) is 8.78 Å². The summed E-state index contributed by atoms with van der Waals surface area (Å²) in [5.74, 6) is -16.8. The maximum absolute atomic E-state index is 13.7. The molecule has 0 bridgehead atoms. The molecule has 0 unspecified atom stereocenters. The molecule has 17 heteroatoms. The predicted molar refractivity (Wildman–Crippen MR) is 119 cm³/mol. The molecule has 2 atom stereocenters. The molecule has 40 heavy (non-hydrogen) atoms. The normalized spacial score (nSPS) is 12.6. The molecule has 0 heterocycles. The first kappa shape index (κ1) is 31.5. The van der Waals surface area contributed by atoms with Crippen molar-refractivity contribution in [3.05, 3.63) is 59.2 Å². The first-order valence-electron chi connectivity index (χ1n) is 10.8. The van der Waals surface area contributed by atoms with E-state index in [4.69, 9.17) is 5.11 Å². The van der Waals surface area contributed by atoms with Crippen LogP contribution in [0, 0.1) is 23.3 Å². The van der Waals surface area contributed by atoms with Crippen molar-refractivity contribution in [2.45, 2.75) is 31.6 Å². The van der Waals surface area contributed by atoms with Crippen LogP contribution >= 0.6 is 0 Å². The molecule has 0 saturated carbocycles. The van der Waals surface area contributed by atoms with Crippen LogP contribution in [0.15, 0.2) is 30.3 Å². The average Bonchev–Trinajstić information content (AvgIpc) is 2.86. The molecule has 216 valence electrons. The summed E-state index contributed by atoms with van der Waals surface area (Å²) in [5, 5.41) is 14.4. The second-order valence-corrected chi connectivity index (χ2v) is 7.90. The van der Waals surface area contributed by atoms with Gasteiger partial charge in [0.05, 0.1) is 17.7 Å². The number of hydrogen-bond acceptors (Lipinski definition) is 6. The van der Waals surface area contributed by atoms with E-state index in [-0.39, 0.29) is 6.07 Å². The molecule has 2 rings (SSSR count). The Bertz CT molecular complexity index is 1310. The van der Waals surface area contributed by atoms with Crippen molar-refractivity contribution in [1.29, 1.82) is 0 Å². The molecule has 0 aliphatic carbocycles. The lowest BCUT2D eigenvalue weighted by Gasteiger charge is -2.20. The number of ether oxygens (including phenoxy) is 1. The summed E-state index contributed by atoms with van der Waals surface area (Å²) in [6.45, 7) is -0.403. The lowest BCUT2D eigenvalue weighted by Crippen LogP contribution is -2.53. The number of amides is 3. The number of anilines is 1. The number of para-hydroxylation sites is 1. The summed E-state index contributed by atoms with van der Waals surface area (Å²) in [5.41, 5.74) is -2.02. The Morgan fingerprint density at radius 1 is 0.925 bits per heavy atom. The summed E-state index contributed by atoms with van der Waals surface area (Å²) >= 11 is 0. The van der Waals surface area contributed by atoms with Crippen LogP contribution in [0.5, 0.6) is 5.75 Å². The Labute approximate surface area is 219 Å². The second kappa shape index (κ2) is 12.9. The molecule has 0 aromatic heterocycles. The number of nitrogens with one attached hydrogen (secondary N) is 3. The number of alkyl halides is 3. The summed E-state index contributed by atoms with van der Waals surface area (Å²) in [4.78, 5) is 60.0. The van der Waals surface area contributed by atoms with Gasteiger partial charge in [0.25, 0.3) is 0 Å². The highest BCUT2D eigenvalue weighted by Gasteiger charge is 2.34. The van der Waals surface area contributed by atoms with Gasteiger partial charge in [-0.1, -0.05) is 12.1 Å². The van der Waals surface area contributed by atoms with Crippen molar-refractivity contribution >= 4 is 35.2 Å². The van der Waals surface area contributed by atoms with Gasteiger partial charge in [-0.2, -0.15) is 22.0 Å². The Morgan fingerprint density at radius 2 is 1.50 bits per heavy atom. The van der Waals surface area contributed by atoms with Crippen LogP contribution in [0.3, 0.4) is 0 Å². The molecule has 0 aliphatic heterocycles. The maximum atomic E-state index is 13.7. The number of rotatable bonds is 10. The SMILES string of the molecule is C[C@H](NC(=O)C(=O)Nc1ccccc1C(F)(F)F)C(=O)N[C@@H](CC(=O)O)C(=O)COc1c(F)c(F)cc(F)c1F. The van der Waals surface area contributed by atoms with Crippen molar-refractivity contribution in [3.63, 3.8) is 0 Å². The van der Waals surface area contributed by atoms with Crippen LogP contribution in [0.2, 0.25) is 0 Å². The van der Waals surface area contributed by atoms with Crippen molar-refractivity contribution in [2.75, 3.05) is 11.9 Å². The summed E-state index contributed by atoms with van der Waals surface area (Å²) in [7, 11) is 0. The minimum absolute atomic E-state index is 0.127. The van der Waals surface area contributed by atoms with E-state index in [1.165, 1.54) is 0 Å². The molecule has 4 N–H and O–H groups in total. The Kier molecular flexibility index (Phi) is 10.2. The van der Waals surface area contributed by atoms with E-state index in [0.29, 0.717) is 6.07 Å². The molecular weight excluding hydrogens is 563 g/mol. The highest BCUT2D eigenvalue weighted by atomic mass is 19.4. The van der Waals surface area contributed by atoms with E-state index in [9.17, 15) is 54.7 Å². The van der Waals surface area contributed by atoms with Crippen LogP contribution < -0.4 is 20.7 Å². The molecule has 2 aromatic rings. The topological polar surface area (TPSA) is 151 Å². The fraction of sp³-hybridized carbons (Fsp3) is 0.261. The van der Waals surface area contributed by atoms with E-state index in [1.54, 1.807) is 5.32 Å². The van der Waals surface area contributed by atoms with Crippen molar-refractivity contribution in [1.82, 2.24) is 10.6 Å². The number of hydrogen-bond donors (Lipinski definition) is 4. The molecular formula is C23H18F7N3O7. The lowest BCUT2D eigenvalue weighted by atomic mass is 10.1. The fourth-order valence-electron chi connectivity index (χ4n) is 2.98. The zero-order chi connectivity index (χ0) is 30.4. The number of carbonyl (C=O) groups excluding carboxylic acids is 4. The molecule has 0 spiro atoms. The van der Waals surface area contributed by atoms with Crippen molar-refractivity contribution in [2.24, 2.45) is 0 Å². The van der Waals surface area contributed by atoms with E-state index >= 15 is 0 Å². The zero-order valence-corrected chi connectivity index (χ0v) is 20.0. The van der Waals surface area contributed by atoms with Crippen LogP contribution in [0.4, 0.5) is 36.4 Å². The number of ketones is 1. The number of carboxylic acids is 1. The highest BCUT2D eigenvalue weighted by Crippen LogP contribution is 2.34. The van der Waals surface area contributed by atoms with Gasteiger partial charge in [-0.15, -0.1) is 0 Å². The smallest absolute Gasteiger partial charge is 0.418 e. The predicted octanol–water partition coefficient (Wildman–Crippen LogP) is 2.31. The number of Topliss-reactive ketones (excluding diaryl/α,β-unsaturated/α-hetero) is 1. The third kappa shape index (κ3) is 8.15. The molecule has 0 aliphatic rings. The monoisotopic (exact) mass is 581 g/mol. The molecule has 10 nitrogen and oxygen atoms in total. The van der Waals surface area contributed by atoms with Crippen LogP contribution in [-0.2, 0) is 30.1 Å². The Hall–Kier alpha value is -4.70. The fourth-order valence-corrected chi connectivity index (χ4v) is 2.98. The summed E-state index contributed by atoms with van der Waals surface area (Å²) < 4.78 is 97.7. The summed E-state index contributed by atoms with van der Waals surface area (Å²) in [6.07, 6.45) is -5.99. The molecule has 0 radical (unpaired) electrons. The number of halogens is 7. The number of carboxylic acid groups (broad SMARTS) is 1. The van der Waals surface area contributed by atoms with Gasteiger partial charge in [-0.3, -0.25) is 24.0 Å². The van der Waals surface area contributed by atoms with Gasteiger partial charge < -0.3 is 25.8 Å². The molecule has 0 fully saturated rings. The number of carbonyl (C=O) groups is 5. The summed E-state index contributed by atoms with van der Waals surface area (Å²) in [6, 6.07) is -0.0679. The van der Waals surface area contributed by atoms with Gasteiger partial charge in [0.1, 0.15) is 18.7 Å². The third-order valence-electron chi connectivity index (χ3n) is 4.94. The maximum Gasteiger partial charge on any atom is 0.418 e. The quantitative estimate of drug-likeness (QED) is 0.191. The first-order valence-corrected chi connectivity index (χ1v) is 10.8. The molecule has 2 aromatic carbocycles. The Balaban J connectivity index is 2.06. The zero-order valence-electron chi connectivity index (χ0n) is 20.0. The van der Waals surface area contributed by atoms with Crippen molar-refractivity contribution < 1.29 is 64.5 Å². The lowest BCUT2D eigenvalue weighted by molar-refractivity contribution is -0.141. The number of benzene rings is 2. The van der Waals surface area contributed by atoms with E-state index in [2.05, 4.69) is 4.74 Å². The van der Waals surface area contributed by atoms with Gasteiger partial charge in [0.2, 0.25) is 17.5 Å². The number of aliphatic carboxylic acids is 1. The van der Waals surface area contributed by atoms with E-state index in [1.807, 2.05) is 10.6 Å². The average molecular weight is 581 g/mol.